The zero-order valence-corrected chi connectivity index (χ0v) is 14.8. The van der Waals surface area contributed by atoms with Crippen LogP contribution in [0.25, 0.3) is 0 Å². The van der Waals surface area contributed by atoms with E-state index in [9.17, 15) is 24.3 Å². The Morgan fingerprint density at radius 1 is 1.31 bits per heavy atom. The predicted octanol–water partition coefficient (Wildman–Crippen LogP) is 0.114. The number of fused-ring (bicyclic) bond motifs is 5. The lowest BCUT2D eigenvalue weighted by atomic mass is 9.79. The van der Waals surface area contributed by atoms with Crippen LogP contribution in [0.2, 0.25) is 0 Å². The standard InChI is InChI=1S/C16H11NO7S2/c1-23-14(20)5-2-3-7-6(4-5)8-9(15(21)24-7)11(13(18)19)25-12-10(8)26-16(22)17-12/h2-4,8-9,11H,1H3,(H,17,22)(H,18,19)/p-1/t8-,9-,11+/m1/s1. The maximum atomic E-state index is 12.5. The first kappa shape index (κ1) is 16.9. The predicted molar refractivity (Wildman–Crippen MR) is 88.3 cm³/mol. The normalized spacial score (nSPS) is 23.3. The SMILES string of the molecule is COC(=O)c1ccc2c(c1)[C@H]1c3sc(=O)[nH]c3S[C@H](C(=O)[O-])[C@@H]1C(=O)O2. The van der Waals surface area contributed by atoms with E-state index in [-0.39, 0.29) is 16.2 Å². The van der Waals surface area contributed by atoms with E-state index in [1.807, 2.05) is 0 Å². The minimum absolute atomic E-state index is 0.222. The third-order valence-corrected chi connectivity index (χ3v) is 6.73. The number of carboxylic acid groups (broad SMARTS) is 1. The quantitative estimate of drug-likeness (QED) is 0.564. The van der Waals surface area contributed by atoms with Gasteiger partial charge in [0.05, 0.1) is 34.8 Å². The lowest BCUT2D eigenvalue weighted by molar-refractivity contribution is -0.306. The fraction of sp³-hybridized carbons (Fsp3) is 0.250. The molecule has 1 aromatic heterocycles. The van der Waals surface area contributed by atoms with Gasteiger partial charge in [0, 0.05) is 16.4 Å². The summed E-state index contributed by atoms with van der Waals surface area (Å²) in [6.07, 6.45) is 0. The van der Waals surface area contributed by atoms with Crippen molar-refractivity contribution in [2.75, 3.05) is 7.11 Å². The molecule has 4 rings (SSSR count). The first-order valence-electron chi connectivity index (χ1n) is 7.45. The van der Waals surface area contributed by atoms with Crippen LogP contribution in [0.15, 0.2) is 28.0 Å². The van der Waals surface area contributed by atoms with Gasteiger partial charge in [-0.15, -0.1) is 0 Å². The van der Waals surface area contributed by atoms with Gasteiger partial charge in [0.15, 0.2) is 0 Å². The van der Waals surface area contributed by atoms with Gasteiger partial charge in [-0.2, -0.15) is 0 Å². The van der Waals surface area contributed by atoms with Crippen LogP contribution in [-0.2, 0) is 14.3 Å². The van der Waals surface area contributed by atoms with Crippen LogP contribution in [-0.4, -0.2) is 35.3 Å². The zero-order valence-electron chi connectivity index (χ0n) is 13.1. The number of esters is 2. The Balaban J connectivity index is 1.95. The number of benzene rings is 1. The monoisotopic (exact) mass is 392 g/mol. The van der Waals surface area contributed by atoms with Crippen LogP contribution >= 0.6 is 23.1 Å². The molecule has 0 unspecified atom stereocenters. The highest BCUT2D eigenvalue weighted by molar-refractivity contribution is 8.00. The Bertz CT molecular complexity index is 1010. The molecule has 3 atom stereocenters. The molecule has 0 fully saturated rings. The number of ether oxygens (including phenoxy) is 2. The summed E-state index contributed by atoms with van der Waals surface area (Å²) in [5, 5.41) is 10.8. The van der Waals surface area contributed by atoms with E-state index in [1.165, 1.54) is 25.3 Å². The summed E-state index contributed by atoms with van der Waals surface area (Å²) in [4.78, 5) is 50.6. The van der Waals surface area contributed by atoms with Crippen molar-refractivity contribution in [2.24, 2.45) is 5.92 Å². The van der Waals surface area contributed by atoms with E-state index < -0.39 is 35.0 Å². The minimum Gasteiger partial charge on any atom is -0.549 e. The largest absolute Gasteiger partial charge is 0.549 e. The van der Waals surface area contributed by atoms with Crippen LogP contribution in [0.5, 0.6) is 5.75 Å². The van der Waals surface area contributed by atoms with Crippen LogP contribution in [0.4, 0.5) is 0 Å². The fourth-order valence-electron chi connectivity index (χ4n) is 3.25. The number of aliphatic carboxylic acids is 1. The Kier molecular flexibility index (Phi) is 3.88. The Labute approximate surface area is 154 Å². The summed E-state index contributed by atoms with van der Waals surface area (Å²) in [5.41, 5.74) is 0.691. The lowest BCUT2D eigenvalue weighted by Crippen LogP contribution is -2.48. The number of hydrogen-bond donors (Lipinski definition) is 1. The van der Waals surface area contributed by atoms with Gasteiger partial charge in [0.1, 0.15) is 5.75 Å². The number of rotatable bonds is 2. The Hall–Kier alpha value is -2.59. The van der Waals surface area contributed by atoms with E-state index in [4.69, 9.17) is 9.47 Å². The van der Waals surface area contributed by atoms with Gasteiger partial charge >= 0.3 is 16.8 Å². The number of carbonyl (C=O) groups is 3. The molecule has 2 aliphatic heterocycles. The van der Waals surface area contributed by atoms with E-state index in [2.05, 4.69) is 4.98 Å². The van der Waals surface area contributed by atoms with Gasteiger partial charge in [-0.05, 0) is 18.2 Å². The summed E-state index contributed by atoms with van der Waals surface area (Å²) < 4.78 is 10.0. The number of H-pyrrole nitrogens is 1. The fourth-order valence-corrected chi connectivity index (χ4v) is 5.64. The molecule has 1 N–H and O–H groups in total. The summed E-state index contributed by atoms with van der Waals surface area (Å²) >= 11 is 1.77. The average Bonchev–Trinajstić information content (AvgIpc) is 2.99. The second-order valence-electron chi connectivity index (χ2n) is 5.73. The lowest BCUT2D eigenvalue weighted by Gasteiger charge is -2.39. The minimum atomic E-state index is -1.42. The number of carbonyl (C=O) groups excluding carboxylic acids is 3. The van der Waals surface area contributed by atoms with Crippen LogP contribution in [0.3, 0.4) is 0 Å². The molecule has 0 amide bonds. The molecule has 0 spiro atoms. The number of carboxylic acids is 1. The van der Waals surface area contributed by atoms with Crippen LogP contribution in [0.1, 0.15) is 26.7 Å². The molecule has 0 bridgehead atoms. The molecule has 0 aliphatic carbocycles. The van der Waals surface area contributed by atoms with Gasteiger partial charge in [-0.3, -0.25) is 9.59 Å². The molecule has 3 heterocycles. The van der Waals surface area contributed by atoms with Gasteiger partial charge in [0.25, 0.3) is 0 Å². The molecule has 134 valence electrons. The summed E-state index contributed by atoms with van der Waals surface area (Å²) in [6, 6.07) is 4.41. The van der Waals surface area contributed by atoms with Gasteiger partial charge < -0.3 is 24.4 Å². The highest BCUT2D eigenvalue weighted by Gasteiger charge is 2.49. The maximum Gasteiger partial charge on any atom is 0.337 e. The van der Waals surface area contributed by atoms with Crippen molar-refractivity contribution in [3.8, 4) is 5.75 Å². The topological polar surface area (TPSA) is 126 Å². The number of hydrogen-bond acceptors (Lipinski definition) is 9. The highest BCUT2D eigenvalue weighted by atomic mass is 32.2. The molecule has 10 heteroatoms. The first-order valence-corrected chi connectivity index (χ1v) is 9.14. The van der Waals surface area contributed by atoms with Crippen molar-refractivity contribution in [1.29, 1.82) is 0 Å². The summed E-state index contributed by atoms with van der Waals surface area (Å²) in [5.74, 6) is -4.28. The number of aromatic amines is 1. The van der Waals surface area contributed by atoms with Crippen molar-refractivity contribution in [1.82, 2.24) is 4.98 Å². The van der Waals surface area contributed by atoms with Crippen molar-refractivity contribution in [2.45, 2.75) is 16.2 Å². The van der Waals surface area contributed by atoms with E-state index in [0.29, 0.717) is 15.5 Å². The number of methoxy groups -OCH3 is 1. The number of thioether (sulfide) groups is 1. The third-order valence-electron chi connectivity index (χ3n) is 4.34. The second-order valence-corrected chi connectivity index (χ2v) is 7.90. The Morgan fingerprint density at radius 2 is 2.08 bits per heavy atom. The Morgan fingerprint density at radius 3 is 2.77 bits per heavy atom. The summed E-state index contributed by atoms with van der Waals surface area (Å²) in [6.45, 7) is 0. The molecular weight excluding hydrogens is 382 g/mol. The maximum absolute atomic E-state index is 12.5. The van der Waals surface area contributed by atoms with Crippen molar-refractivity contribution < 1.29 is 29.0 Å². The zero-order chi connectivity index (χ0) is 18.6. The number of aromatic nitrogens is 1. The van der Waals surface area contributed by atoms with Crippen LogP contribution < -0.4 is 14.7 Å². The van der Waals surface area contributed by atoms with Crippen LogP contribution in [0, 0.1) is 5.92 Å². The first-order chi connectivity index (χ1) is 12.4. The molecule has 0 saturated carbocycles. The third kappa shape index (κ3) is 2.44. The summed E-state index contributed by atoms with van der Waals surface area (Å²) in [7, 11) is 1.24. The van der Waals surface area contributed by atoms with E-state index in [0.717, 1.165) is 23.1 Å². The molecule has 2 aromatic rings. The van der Waals surface area contributed by atoms with Crippen molar-refractivity contribution in [3.63, 3.8) is 0 Å². The molecule has 0 radical (unpaired) electrons. The molecule has 2 aliphatic rings. The highest BCUT2D eigenvalue weighted by Crippen LogP contribution is 2.53. The number of nitrogens with one attached hydrogen (secondary N) is 1. The molecule has 0 saturated heterocycles. The van der Waals surface area contributed by atoms with E-state index in [1.54, 1.807) is 0 Å². The molecular formula is C16H10NO7S2-. The molecule has 26 heavy (non-hydrogen) atoms. The van der Waals surface area contributed by atoms with Crippen molar-refractivity contribution >= 4 is 41.0 Å². The van der Waals surface area contributed by atoms with Gasteiger partial charge in [-0.1, -0.05) is 23.1 Å². The number of thiazole rings is 1. The van der Waals surface area contributed by atoms with E-state index >= 15 is 0 Å². The molecule has 1 aromatic carbocycles. The smallest absolute Gasteiger partial charge is 0.337 e. The van der Waals surface area contributed by atoms with Gasteiger partial charge in [0.2, 0.25) is 0 Å². The van der Waals surface area contributed by atoms with Crippen molar-refractivity contribution in [3.05, 3.63) is 43.9 Å². The van der Waals surface area contributed by atoms with Gasteiger partial charge in [-0.25, -0.2) is 4.79 Å². The second kappa shape index (κ2) is 5.99. The molecule has 8 nitrogen and oxygen atoms in total. The average molecular weight is 392 g/mol.